The second-order valence-electron chi connectivity index (χ2n) is 6.38. The third kappa shape index (κ3) is 5.67. The highest BCUT2D eigenvalue weighted by molar-refractivity contribution is 14.1. The Hall–Kier alpha value is -1.31. The van der Waals surface area contributed by atoms with E-state index in [-0.39, 0.29) is 18.0 Å². The molecule has 0 aliphatic heterocycles. The molecule has 0 aliphatic carbocycles. The summed E-state index contributed by atoms with van der Waals surface area (Å²) in [5.74, 6) is -0.340. The summed E-state index contributed by atoms with van der Waals surface area (Å²) in [6.45, 7) is 6.61. The van der Waals surface area contributed by atoms with Gasteiger partial charge in [0.05, 0.1) is 20.3 Å². The van der Waals surface area contributed by atoms with Crippen molar-refractivity contribution in [1.82, 2.24) is 0 Å². The third-order valence-corrected chi connectivity index (χ3v) is 4.21. The second-order valence-corrected chi connectivity index (χ2v) is 7.63. The Labute approximate surface area is 150 Å². The molecule has 1 aromatic rings. The van der Waals surface area contributed by atoms with Crippen LogP contribution in [0.25, 0.3) is 10.4 Å². The van der Waals surface area contributed by atoms with E-state index in [1.807, 2.05) is 45.0 Å². The van der Waals surface area contributed by atoms with Crippen LogP contribution >= 0.6 is 22.6 Å². The molecule has 0 aromatic heterocycles. The van der Waals surface area contributed by atoms with Gasteiger partial charge in [-0.25, -0.2) is 0 Å². The number of hydrogen-bond donors (Lipinski definition) is 0. The van der Waals surface area contributed by atoms with Crippen LogP contribution in [0.15, 0.2) is 29.4 Å². The minimum Gasteiger partial charge on any atom is -0.468 e. The molecular formula is C16H22IN3O3. The highest BCUT2D eigenvalue weighted by atomic mass is 127. The molecule has 0 N–H and O–H groups in total. The fourth-order valence-electron chi connectivity index (χ4n) is 2.12. The maximum absolute atomic E-state index is 12.3. The Morgan fingerprint density at radius 3 is 2.61 bits per heavy atom. The zero-order chi connectivity index (χ0) is 17.5. The number of hydrogen-bond acceptors (Lipinski definition) is 4. The Morgan fingerprint density at radius 1 is 1.35 bits per heavy atom. The molecule has 0 saturated carbocycles. The Morgan fingerprint density at radius 2 is 2.04 bits per heavy atom. The van der Waals surface area contributed by atoms with Crippen LogP contribution < -0.4 is 0 Å². The van der Waals surface area contributed by atoms with E-state index in [1.54, 1.807) is 0 Å². The van der Waals surface area contributed by atoms with Gasteiger partial charge in [0.1, 0.15) is 5.41 Å². The third-order valence-electron chi connectivity index (χ3n) is 3.54. The van der Waals surface area contributed by atoms with Gasteiger partial charge in [0.15, 0.2) is 0 Å². The molecule has 6 nitrogen and oxygen atoms in total. The zero-order valence-electron chi connectivity index (χ0n) is 13.9. The predicted octanol–water partition coefficient (Wildman–Crippen LogP) is 4.08. The first-order valence-electron chi connectivity index (χ1n) is 7.18. The number of azide groups is 1. The first-order chi connectivity index (χ1) is 10.7. The van der Waals surface area contributed by atoms with Gasteiger partial charge in [-0.2, -0.15) is 0 Å². The highest BCUT2D eigenvalue weighted by Gasteiger charge is 2.37. The average Bonchev–Trinajstić information content (AvgIpc) is 2.51. The summed E-state index contributed by atoms with van der Waals surface area (Å²) in [6, 6.07) is 7.72. The lowest BCUT2D eigenvalue weighted by Crippen LogP contribution is -2.40. The quantitative estimate of drug-likeness (QED) is 0.205. The van der Waals surface area contributed by atoms with E-state index in [0.717, 1.165) is 9.13 Å². The first-order valence-corrected chi connectivity index (χ1v) is 8.26. The molecule has 0 heterocycles. The molecule has 0 aliphatic rings. The largest absolute Gasteiger partial charge is 0.468 e. The topological polar surface area (TPSA) is 84.3 Å². The van der Waals surface area contributed by atoms with Gasteiger partial charge in [-0.05, 0) is 58.2 Å². The maximum atomic E-state index is 12.3. The molecule has 7 heteroatoms. The van der Waals surface area contributed by atoms with Gasteiger partial charge in [0.25, 0.3) is 0 Å². The van der Waals surface area contributed by atoms with Crippen molar-refractivity contribution in [2.45, 2.75) is 26.2 Å². The summed E-state index contributed by atoms with van der Waals surface area (Å²) < 4.78 is 11.8. The van der Waals surface area contributed by atoms with Crippen LogP contribution in [-0.4, -0.2) is 32.8 Å². The lowest BCUT2D eigenvalue weighted by atomic mass is 9.83. The van der Waals surface area contributed by atoms with Crippen molar-refractivity contribution in [3.8, 4) is 0 Å². The van der Waals surface area contributed by atoms with Gasteiger partial charge in [0, 0.05) is 15.0 Å². The molecule has 0 spiro atoms. The minimum atomic E-state index is -0.884. The summed E-state index contributed by atoms with van der Waals surface area (Å²) >= 11 is 2.21. The Bertz CT molecular complexity index is 600. The number of nitrogens with zero attached hydrogens (tertiary/aromatic N) is 3. The number of methoxy groups -OCH3 is 1. The van der Waals surface area contributed by atoms with Gasteiger partial charge in [-0.3, -0.25) is 4.79 Å². The molecule has 1 aromatic carbocycles. The number of carbonyl (C=O) groups excluding carboxylic acids is 1. The average molecular weight is 431 g/mol. The van der Waals surface area contributed by atoms with Crippen molar-refractivity contribution in [2.75, 3.05) is 26.9 Å². The maximum Gasteiger partial charge on any atom is 0.318 e. The van der Waals surface area contributed by atoms with Crippen LogP contribution in [0.1, 0.15) is 26.3 Å². The fraction of sp³-hybridized carbons (Fsp3) is 0.562. The number of halogens is 1. The minimum absolute atomic E-state index is 0.194. The van der Waals surface area contributed by atoms with Crippen molar-refractivity contribution in [3.63, 3.8) is 0 Å². The van der Waals surface area contributed by atoms with E-state index in [0.29, 0.717) is 13.2 Å². The Kier molecular flexibility index (Phi) is 7.31. The van der Waals surface area contributed by atoms with Gasteiger partial charge in [0.2, 0.25) is 0 Å². The molecule has 1 rings (SSSR count). The van der Waals surface area contributed by atoms with Crippen molar-refractivity contribution >= 4 is 28.6 Å². The van der Waals surface area contributed by atoms with Crippen molar-refractivity contribution < 1.29 is 14.3 Å². The predicted molar refractivity (Wildman–Crippen MR) is 97.1 cm³/mol. The van der Waals surface area contributed by atoms with E-state index in [1.165, 1.54) is 7.11 Å². The van der Waals surface area contributed by atoms with E-state index in [4.69, 9.17) is 15.0 Å². The van der Waals surface area contributed by atoms with Crippen molar-refractivity contribution in [1.29, 1.82) is 0 Å². The molecule has 0 amide bonds. The van der Waals surface area contributed by atoms with Gasteiger partial charge >= 0.3 is 5.97 Å². The second kappa shape index (κ2) is 8.52. The number of rotatable bonds is 8. The number of benzene rings is 1. The highest BCUT2D eigenvalue weighted by Crippen LogP contribution is 2.28. The normalized spacial score (nSPS) is 13.8. The van der Waals surface area contributed by atoms with Crippen LogP contribution in [-0.2, 0) is 19.7 Å². The molecule has 0 bridgehead atoms. The lowest BCUT2D eigenvalue weighted by molar-refractivity contribution is -0.150. The van der Waals surface area contributed by atoms with Gasteiger partial charge in [-0.1, -0.05) is 31.1 Å². The molecular weight excluding hydrogens is 409 g/mol. The molecule has 0 saturated heterocycles. The van der Waals surface area contributed by atoms with E-state index < -0.39 is 5.41 Å². The van der Waals surface area contributed by atoms with Crippen molar-refractivity contribution in [3.05, 3.63) is 43.8 Å². The smallest absolute Gasteiger partial charge is 0.318 e. The summed E-state index contributed by atoms with van der Waals surface area (Å²) in [7, 11) is 1.38. The number of ether oxygens (including phenoxy) is 2. The molecule has 1 atom stereocenters. The van der Waals surface area contributed by atoms with Crippen molar-refractivity contribution in [2.24, 2.45) is 10.5 Å². The monoisotopic (exact) mass is 431 g/mol. The molecule has 0 fully saturated rings. The summed E-state index contributed by atoms with van der Waals surface area (Å²) in [6.07, 6.45) is 0. The van der Waals surface area contributed by atoms with E-state index >= 15 is 0 Å². The van der Waals surface area contributed by atoms with Crippen LogP contribution in [0.4, 0.5) is 0 Å². The first kappa shape index (κ1) is 19.7. The zero-order valence-corrected chi connectivity index (χ0v) is 16.0. The molecule has 0 radical (unpaired) electrons. The fourth-order valence-corrected chi connectivity index (χ4v) is 2.66. The summed E-state index contributed by atoms with van der Waals surface area (Å²) in [5.41, 5.74) is 8.09. The van der Waals surface area contributed by atoms with Crippen LogP contribution in [0.3, 0.4) is 0 Å². The summed E-state index contributed by atoms with van der Waals surface area (Å²) in [5, 5.41) is 3.59. The molecule has 126 valence electrons. The van der Waals surface area contributed by atoms with Crippen LogP contribution in [0.5, 0.6) is 0 Å². The van der Waals surface area contributed by atoms with Gasteiger partial charge < -0.3 is 9.47 Å². The molecule has 23 heavy (non-hydrogen) atoms. The lowest BCUT2D eigenvalue weighted by Gasteiger charge is -2.29. The number of esters is 1. The number of carbonyl (C=O) groups is 1. The standard InChI is InChI=1S/C16H22IN3O3/c1-15(2,9-19-20-18)10-23-11-16(3,14(21)22-4)12-6-5-7-13(17)8-12/h5-8H,9-11H2,1-4H3. The summed E-state index contributed by atoms with van der Waals surface area (Å²) in [4.78, 5) is 15.1. The van der Waals surface area contributed by atoms with E-state index in [2.05, 4.69) is 32.6 Å². The van der Waals surface area contributed by atoms with Crippen LogP contribution in [0.2, 0.25) is 0 Å². The SMILES string of the molecule is COC(=O)C(C)(COCC(C)(C)CN=[N+]=[N-])c1cccc(I)c1. The van der Waals surface area contributed by atoms with E-state index in [9.17, 15) is 4.79 Å². The molecule has 1 unspecified atom stereocenters. The van der Waals surface area contributed by atoms with Crippen LogP contribution in [0, 0.1) is 8.99 Å². The Balaban J connectivity index is 2.88. The van der Waals surface area contributed by atoms with Gasteiger partial charge in [-0.15, -0.1) is 0 Å².